The van der Waals surface area contributed by atoms with Crippen LogP contribution in [-0.4, -0.2) is 38.4 Å². The van der Waals surface area contributed by atoms with Gasteiger partial charge in [-0.2, -0.15) is 0 Å². The molecule has 0 radical (unpaired) electrons. The summed E-state index contributed by atoms with van der Waals surface area (Å²) in [7, 11) is 0. The molecule has 2 heterocycles. The van der Waals surface area contributed by atoms with E-state index in [0.717, 1.165) is 12.3 Å². The number of hydrogen-bond donors (Lipinski definition) is 0. The molecule has 2 aliphatic rings. The van der Waals surface area contributed by atoms with E-state index in [-0.39, 0.29) is 12.5 Å². The van der Waals surface area contributed by atoms with Crippen LogP contribution in [0.15, 0.2) is 24.3 Å². The Morgan fingerprint density at radius 2 is 2.00 bits per heavy atom. The highest BCUT2D eigenvalue weighted by Crippen LogP contribution is 2.16. The molecule has 2 saturated heterocycles. The van der Waals surface area contributed by atoms with Crippen molar-refractivity contribution in [1.29, 1.82) is 0 Å². The van der Waals surface area contributed by atoms with Gasteiger partial charge in [-0.1, -0.05) is 24.6 Å². The normalized spacial score (nSPS) is 21.7. The fraction of sp³-hybridized carbons (Fsp3) is 0.533. The smallest absolute Gasteiger partial charge is 0.253 e. The third kappa shape index (κ3) is 4.33. The van der Waals surface area contributed by atoms with Gasteiger partial charge in [0.15, 0.2) is 0 Å². The van der Waals surface area contributed by atoms with Crippen LogP contribution < -0.4 is 4.90 Å². The van der Waals surface area contributed by atoms with Crippen molar-refractivity contribution in [3.05, 3.63) is 29.8 Å². The number of aryl methyl sites for hydroxylation is 1. The van der Waals surface area contributed by atoms with Crippen molar-refractivity contribution in [2.24, 2.45) is 0 Å². The average Bonchev–Trinajstić information content (AvgIpc) is 3.25. The predicted molar refractivity (Wildman–Crippen MR) is 74.4 cm³/mol. The van der Waals surface area contributed by atoms with Crippen molar-refractivity contribution in [3.8, 4) is 0 Å². The summed E-state index contributed by atoms with van der Waals surface area (Å²) in [6, 6.07) is 7.97. The van der Waals surface area contributed by atoms with E-state index in [1.54, 1.807) is 4.90 Å². The van der Waals surface area contributed by atoms with E-state index in [9.17, 15) is 4.79 Å². The number of nitrogens with zero attached hydrogens (tertiary/aromatic N) is 1. The number of anilines is 1. The van der Waals surface area contributed by atoms with Crippen LogP contribution in [0.1, 0.15) is 18.9 Å². The zero-order valence-corrected chi connectivity index (χ0v) is 11.6. The van der Waals surface area contributed by atoms with Crippen LogP contribution in [0.2, 0.25) is 0 Å². The Labute approximate surface area is 114 Å². The molecule has 0 saturated carbocycles. The molecule has 3 rings (SSSR count). The van der Waals surface area contributed by atoms with Gasteiger partial charge >= 0.3 is 0 Å². The Bertz CT molecular complexity index is 412. The molecule has 1 amide bonds. The van der Waals surface area contributed by atoms with Gasteiger partial charge in [-0.05, 0) is 25.5 Å². The first-order valence-corrected chi connectivity index (χ1v) is 6.77. The second-order valence-electron chi connectivity index (χ2n) is 4.80. The Kier molecular flexibility index (Phi) is 4.93. The van der Waals surface area contributed by atoms with Crippen molar-refractivity contribution in [2.45, 2.75) is 26.4 Å². The van der Waals surface area contributed by atoms with Crippen molar-refractivity contribution in [3.63, 3.8) is 0 Å². The van der Waals surface area contributed by atoms with E-state index in [2.05, 4.69) is 6.92 Å². The lowest BCUT2D eigenvalue weighted by Crippen LogP contribution is -2.41. The first-order valence-electron chi connectivity index (χ1n) is 6.77. The summed E-state index contributed by atoms with van der Waals surface area (Å²) >= 11 is 0. The average molecular weight is 263 g/mol. The summed E-state index contributed by atoms with van der Waals surface area (Å²) in [4.78, 5) is 13.2. The van der Waals surface area contributed by atoms with Gasteiger partial charge in [0.25, 0.3) is 5.91 Å². The SMILES string of the molecule is CC[C@H]1CO1.Cc1ccc(N2CCOCC2=O)cc1. The number of hydrogen-bond acceptors (Lipinski definition) is 3. The molecule has 4 nitrogen and oxygen atoms in total. The maximum atomic E-state index is 11.5. The molecular weight excluding hydrogens is 242 g/mol. The second kappa shape index (κ2) is 6.68. The van der Waals surface area contributed by atoms with Crippen LogP contribution in [-0.2, 0) is 14.3 Å². The van der Waals surface area contributed by atoms with Gasteiger partial charge < -0.3 is 14.4 Å². The number of ether oxygens (including phenoxy) is 2. The first kappa shape index (κ1) is 14.0. The molecule has 0 aliphatic carbocycles. The third-order valence-corrected chi connectivity index (χ3v) is 3.19. The molecule has 2 fully saturated rings. The monoisotopic (exact) mass is 263 g/mol. The highest BCUT2D eigenvalue weighted by atomic mass is 16.6. The molecule has 104 valence electrons. The fourth-order valence-corrected chi connectivity index (χ4v) is 1.82. The van der Waals surface area contributed by atoms with Crippen molar-refractivity contribution in [2.75, 3.05) is 31.3 Å². The maximum Gasteiger partial charge on any atom is 0.253 e. The lowest BCUT2D eigenvalue weighted by atomic mass is 10.2. The van der Waals surface area contributed by atoms with Gasteiger partial charge in [0.05, 0.1) is 19.3 Å². The lowest BCUT2D eigenvalue weighted by molar-refractivity contribution is -0.125. The van der Waals surface area contributed by atoms with E-state index in [1.807, 2.05) is 31.2 Å². The highest BCUT2D eigenvalue weighted by Gasteiger charge is 2.19. The van der Waals surface area contributed by atoms with E-state index in [1.165, 1.54) is 12.0 Å². The molecule has 4 heteroatoms. The van der Waals surface area contributed by atoms with E-state index >= 15 is 0 Å². The molecule has 2 aliphatic heterocycles. The molecule has 0 aromatic heterocycles. The minimum absolute atomic E-state index is 0.0418. The summed E-state index contributed by atoms with van der Waals surface area (Å²) in [6.45, 7) is 6.66. The summed E-state index contributed by atoms with van der Waals surface area (Å²) in [5.74, 6) is 0.0418. The standard InChI is InChI=1S/C11H13NO2.C4H8O/c1-9-2-4-10(5-3-9)12-6-7-14-8-11(12)13;1-2-4-3-5-4/h2-5H,6-8H2,1H3;4H,2-3H2,1H3/t;4-/m.0/s1. The van der Waals surface area contributed by atoms with Gasteiger partial charge in [-0.15, -0.1) is 0 Å². The molecule has 0 N–H and O–H groups in total. The van der Waals surface area contributed by atoms with Gasteiger partial charge in [-0.3, -0.25) is 4.79 Å². The number of benzene rings is 1. The minimum Gasteiger partial charge on any atom is -0.373 e. The Balaban J connectivity index is 0.000000224. The van der Waals surface area contributed by atoms with Crippen LogP contribution >= 0.6 is 0 Å². The molecule has 0 unspecified atom stereocenters. The lowest BCUT2D eigenvalue weighted by Gasteiger charge is -2.26. The van der Waals surface area contributed by atoms with Crippen LogP contribution in [0.5, 0.6) is 0 Å². The third-order valence-electron chi connectivity index (χ3n) is 3.19. The minimum atomic E-state index is 0.0418. The van der Waals surface area contributed by atoms with E-state index in [4.69, 9.17) is 9.47 Å². The Morgan fingerprint density at radius 3 is 2.47 bits per heavy atom. The quantitative estimate of drug-likeness (QED) is 0.768. The van der Waals surface area contributed by atoms with Gasteiger partial charge in [0.1, 0.15) is 6.61 Å². The van der Waals surface area contributed by atoms with Gasteiger partial charge in [-0.25, -0.2) is 0 Å². The Morgan fingerprint density at radius 1 is 1.32 bits per heavy atom. The molecule has 0 bridgehead atoms. The summed E-state index contributed by atoms with van der Waals surface area (Å²) in [5.41, 5.74) is 2.17. The number of rotatable bonds is 2. The predicted octanol–water partition coefficient (Wildman–Crippen LogP) is 2.15. The number of morpholine rings is 1. The van der Waals surface area contributed by atoms with Gasteiger partial charge in [0.2, 0.25) is 0 Å². The zero-order valence-electron chi connectivity index (χ0n) is 11.6. The van der Waals surface area contributed by atoms with Crippen molar-refractivity contribution < 1.29 is 14.3 Å². The van der Waals surface area contributed by atoms with Gasteiger partial charge in [0, 0.05) is 12.2 Å². The van der Waals surface area contributed by atoms with Crippen LogP contribution in [0.25, 0.3) is 0 Å². The summed E-state index contributed by atoms with van der Waals surface area (Å²) in [6.07, 6.45) is 1.83. The summed E-state index contributed by atoms with van der Waals surface area (Å²) in [5, 5.41) is 0. The second-order valence-corrected chi connectivity index (χ2v) is 4.80. The largest absolute Gasteiger partial charge is 0.373 e. The highest BCUT2D eigenvalue weighted by molar-refractivity contribution is 5.94. The maximum absolute atomic E-state index is 11.5. The molecule has 1 aromatic rings. The zero-order chi connectivity index (χ0) is 13.7. The molecule has 1 aromatic carbocycles. The van der Waals surface area contributed by atoms with Crippen molar-refractivity contribution in [1.82, 2.24) is 0 Å². The number of amides is 1. The summed E-state index contributed by atoms with van der Waals surface area (Å²) < 4.78 is 9.92. The first-order chi connectivity index (χ1) is 9.20. The molecule has 1 atom stereocenters. The Hall–Kier alpha value is -1.39. The molecule has 0 spiro atoms. The van der Waals surface area contributed by atoms with Crippen molar-refractivity contribution >= 4 is 11.6 Å². The number of carbonyl (C=O) groups is 1. The van der Waals surface area contributed by atoms with Crippen LogP contribution in [0.4, 0.5) is 5.69 Å². The van der Waals surface area contributed by atoms with E-state index < -0.39 is 0 Å². The van der Waals surface area contributed by atoms with Crippen LogP contribution in [0.3, 0.4) is 0 Å². The number of epoxide rings is 1. The van der Waals surface area contributed by atoms with Crippen LogP contribution in [0, 0.1) is 6.92 Å². The number of carbonyl (C=O) groups excluding carboxylic acids is 1. The molecular formula is C15H21NO3. The molecule has 19 heavy (non-hydrogen) atoms. The van der Waals surface area contributed by atoms with E-state index in [0.29, 0.717) is 19.3 Å². The fourth-order valence-electron chi connectivity index (χ4n) is 1.82. The topological polar surface area (TPSA) is 42.1 Å².